The van der Waals surface area contributed by atoms with E-state index in [9.17, 15) is 34.8 Å². The van der Waals surface area contributed by atoms with Gasteiger partial charge in [-0.3, -0.25) is 14.4 Å². The fourth-order valence-electron chi connectivity index (χ4n) is 5.37. The first kappa shape index (κ1) is 29.1. The van der Waals surface area contributed by atoms with E-state index in [2.05, 4.69) is 0 Å². The molecule has 0 amide bonds. The van der Waals surface area contributed by atoms with Crippen molar-refractivity contribution in [3.8, 4) is 17.2 Å². The van der Waals surface area contributed by atoms with Gasteiger partial charge in [0.1, 0.15) is 17.3 Å². The Morgan fingerprint density at radius 1 is 1.11 bits per heavy atom. The topological polar surface area (TPSA) is 141 Å². The van der Waals surface area contributed by atoms with Gasteiger partial charge in [-0.1, -0.05) is 24.3 Å². The lowest BCUT2D eigenvalue weighted by Gasteiger charge is -2.31. The lowest BCUT2D eigenvalue weighted by Crippen LogP contribution is -2.32. The molecule has 8 nitrogen and oxygen atoms in total. The number of Topliss-reactive ketones (excluding diaryl/α,β-unsaturated/α-hetero) is 3. The minimum absolute atomic E-state index is 0.0586. The number of phenolic OH excluding ortho intramolecular Hbond substituents is 2. The summed E-state index contributed by atoms with van der Waals surface area (Å²) in [5.74, 6) is -1.77. The largest absolute Gasteiger partial charge is 0.507 e. The van der Waals surface area contributed by atoms with Crippen LogP contribution in [-0.2, 0) is 22.4 Å². The van der Waals surface area contributed by atoms with E-state index in [0.29, 0.717) is 30.6 Å². The quantitative estimate of drug-likeness (QED) is 0.291. The average Bonchev–Trinajstić information content (AvgIpc) is 2.86. The maximum absolute atomic E-state index is 13.1. The molecule has 8 heteroatoms. The number of benzene rings is 2. The highest BCUT2D eigenvalue weighted by Crippen LogP contribution is 2.38. The molecule has 0 radical (unpaired) electrons. The Hall–Kier alpha value is -3.49. The van der Waals surface area contributed by atoms with Gasteiger partial charge in [-0.15, -0.1) is 0 Å². The van der Waals surface area contributed by atoms with Crippen LogP contribution in [0.1, 0.15) is 59.7 Å². The number of allylic oxidation sites excluding steroid dienone is 1. The zero-order valence-corrected chi connectivity index (χ0v) is 21.9. The predicted octanol–water partition coefficient (Wildman–Crippen LogP) is 3.65. The van der Waals surface area contributed by atoms with Crippen molar-refractivity contribution in [3.63, 3.8) is 0 Å². The molecule has 0 heterocycles. The van der Waals surface area contributed by atoms with E-state index in [-0.39, 0.29) is 66.6 Å². The molecular weight excluding hydrogens is 488 g/mol. The first-order valence-electron chi connectivity index (χ1n) is 12.8. The van der Waals surface area contributed by atoms with Crippen LogP contribution < -0.4 is 4.74 Å². The second-order valence-electron chi connectivity index (χ2n) is 9.98. The molecule has 0 fully saturated rings. The maximum Gasteiger partial charge on any atom is 0.167 e. The molecule has 1 aliphatic carbocycles. The first-order valence-corrected chi connectivity index (χ1v) is 12.8. The van der Waals surface area contributed by atoms with Gasteiger partial charge in [0.05, 0.1) is 25.7 Å². The number of carbonyl (C=O) groups excluding carboxylic acids is 3. The predicted molar refractivity (Wildman–Crippen MR) is 142 cm³/mol. The third-order valence-electron chi connectivity index (χ3n) is 7.21. The van der Waals surface area contributed by atoms with Crippen molar-refractivity contribution in [2.75, 3.05) is 20.3 Å². The van der Waals surface area contributed by atoms with Crippen molar-refractivity contribution in [2.45, 2.75) is 45.4 Å². The fourth-order valence-corrected chi connectivity index (χ4v) is 5.37. The van der Waals surface area contributed by atoms with Gasteiger partial charge in [0.2, 0.25) is 0 Å². The van der Waals surface area contributed by atoms with Gasteiger partial charge in [0.15, 0.2) is 17.3 Å². The molecule has 0 aromatic heterocycles. The Labute approximate surface area is 222 Å². The Bertz CT molecular complexity index is 1200. The molecule has 0 spiro atoms. The number of aliphatic hydroxyl groups excluding tert-OH is 2. The Balaban J connectivity index is 1.83. The number of ketones is 3. The van der Waals surface area contributed by atoms with E-state index < -0.39 is 12.5 Å². The summed E-state index contributed by atoms with van der Waals surface area (Å²) in [5.41, 5.74) is 2.75. The van der Waals surface area contributed by atoms with Gasteiger partial charge in [-0.2, -0.15) is 0 Å². The highest BCUT2D eigenvalue weighted by atomic mass is 16.5. The second-order valence-corrected chi connectivity index (χ2v) is 9.98. The lowest BCUT2D eigenvalue weighted by atomic mass is 9.73. The number of ether oxygens (including phenoxy) is 1. The summed E-state index contributed by atoms with van der Waals surface area (Å²) in [5, 5.41) is 39.8. The highest BCUT2D eigenvalue weighted by molar-refractivity contribution is 6.02. The molecule has 2 aromatic rings. The molecule has 0 bridgehead atoms. The van der Waals surface area contributed by atoms with E-state index in [4.69, 9.17) is 4.74 Å². The molecule has 0 saturated carbocycles. The van der Waals surface area contributed by atoms with E-state index in [1.54, 1.807) is 24.3 Å². The van der Waals surface area contributed by atoms with Crippen LogP contribution in [-0.4, -0.2) is 58.1 Å². The summed E-state index contributed by atoms with van der Waals surface area (Å²) in [6.07, 6.45) is 5.48. The number of phenols is 2. The normalized spacial score (nSPS) is 16.7. The van der Waals surface area contributed by atoms with Crippen LogP contribution in [0, 0.1) is 17.8 Å². The van der Waals surface area contributed by atoms with E-state index in [0.717, 1.165) is 16.7 Å². The van der Waals surface area contributed by atoms with Gasteiger partial charge >= 0.3 is 0 Å². The number of aromatic hydroxyl groups is 2. The number of rotatable bonds is 13. The zero-order chi connectivity index (χ0) is 27.8. The minimum Gasteiger partial charge on any atom is -0.507 e. The summed E-state index contributed by atoms with van der Waals surface area (Å²) in [6.45, 7) is 0.719. The number of methoxy groups -OCH3 is 1. The summed E-state index contributed by atoms with van der Waals surface area (Å²) >= 11 is 0. The summed E-state index contributed by atoms with van der Waals surface area (Å²) in [7, 11) is 1.48. The molecule has 2 aromatic carbocycles. The molecule has 0 saturated heterocycles. The minimum atomic E-state index is -0.784. The molecule has 38 heavy (non-hydrogen) atoms. The molecule has 3 rings (SSSR count). The van der Waals surface area contributed by atoms with Crippen LogP contribution >= 0.6 is 0 Å². The number of hydrogen-bond donors (Lipinski definition) is 4. The number of fused-ring (bicyclic) bond motifs is 1. The Kier molecular flexibility index (Phi) is 10.2. The molecular formula is C30H36O8. The third-order valence-corrected chi connectivity index (χ3v) is 7.21. The fraction of sp³-hybridized carbons (Fsp3) is 0.433. The molecule has 3 unspecified atom stereocenters. The molecule has 204 valence electrons. The summed E-state index contributed by atoms with van der Waals surface area (Å²) < 4.78 is 5.16. The zero-order valence-electron chi connectivity index (χ0n) is 21.9. The average molecular weight is 525 g/mol. The van der Waals surface area contributed by atoms with Crippen molar-refractivity contribution in [3.05, 3.63) is 58.7 Å². The number of hydrogen-bond acceptors (Lipinski definition) is 8. The van der Waals surface area contributed by atoms with Crippen molar-refractivity contribution in [2.24, 2.45) is 17.8 Å². The van der Waals surface area contributed by atoms with Gasteiger partial charge in [-0.05, 0) is 79.3 Å². The monoisotopic (exact) mass is 524 g/mol. The summed E-state index contributed by atoms with van der Waals surface area (Å²) in [4.78, 5) is 37.2. The van der Waals surface area contributed by atoms with Gasteiger partial charge in [0.25, 0.3) is 0 Å². The number of carbonyl (C=O) groups is 3. The van der Waals surface area contributed by atoms with E-state index in [1.165, 1.54) is 20.1 Å². The standard InChI is InChI=1S/C30H36O8/c1-18(33)12-27(36)24(17-32)22(10-11-31)13-20-14-23-21(7-9-26(35)30(23)28(37)15-20)5-3-4-19-6-8-25(34)29(16-19)38-2/h3,5-9,16,20,22,24,31-32,34-35H,4,10-15,17H2,1-2H3/b5-3-. The first-order chi connectivity index (χ1) is 18.2. The van der Waals surface area contributed by atoms with E-state index in [1.807, 2.05) is 12.2 Å². The van der Waals surface area contributed by atoms with Crippen molar-refractivity contribution >= 4 is 23.4 Å². The Morgan fingerprint density at radius 3 is 2.50 bits per heavy atom. The van der Waals surface area contributed by atoms with Crippen LogP contribution in [0.5, 0.6) is 17.2 Å². The van der Waals surface area contributed by atoms with Gasteiger partial charge < -0.3 is 25.2 Å². The van der Waals surface area contributed by atoms with Crippen molar-refractivity contribution in [1.82, 2.24) is 0 Å². The number of aliphatic hydroxyl groups is 2. The van der Waals surface area contributed by atoms with Gasteiger partial charge in [-0.25, -0.2) is 0 Å². The summed E-state index contributed by atoms with van der Waals surface area (Å²) in [6, 6.07) is 8.38. The van der Waals surface area contributed by atoms with E-state index >= 15 is 0 Å². The smallest absolute Gasteiger partial charge is 0.167 e. The van der Waals surface area contributed by atoms with Crippen molar-refractivity contribution < 1.29 is 39.5 Å². The van der Waals surface area contributed by atoms with Crippen molar-refractivity contribution in [1.29, 1.82) is 0 Å². The third kappa shape index (κ3) is 7.08. The maximum atomic E-state index is 13.1. The second kappa shape index (κ2) is 13.3. The highest BCUT2D eigenvalue weighted by Gasteiger charge is 2.34. The SMILES string of the molecule is COc1cc(C/C=C\c2ccc(O)c3c2CC(CC(CCO)C(CO)C(=O)CC(C)=O)CC3=O)ccc1O. The molecule has 1 aliphatic rings. The lowest BCUT2D eigenvalue weighted by molar-refractivity contribution is -0.131. The van der Waals surface area contributed by atoms with Crippen LogP contribution in [0.15, 0.2) is 36.4 Å². The molecule has 0 aliphatic heterocycles. The van der Waals surface area contributed by atoms with Crippen LogP contribution in [0.25, 0.3) is 6.08 Å². The van der Waals surface area contributed by atoms with Gasteiger partial charge in [0, 0.05) is 18.9 Å². The molecule has 4 N–H and O–H groups in total. The van der Waals surface area contributed by atoms with Crippen LogP contribution in [0.4, 0.5) is 0 Å². The Morgan fingerprint density at radius 2 is 1.84 bits per heavy atom. The van der Waals surface area contributed by atoms with Crippen LogP contribution in [0.2, 0.25) is 0 Å². The molecule has 3 atom stereocenters. The van der Waals surface area contributed by atoms with Crippen LogP contribution in [0.3, 0.4) is 0 Å².